The van der Waals surface area contributed by atoms with Crippen molar-refractivity contribution in [1.82, 2.24) is 35.7 Å². The molecule has 2 aromatic heterocycles. The van der Waals surface area contributed by atoms with Crippen molar-refractivity contribution in [2.24, 2.45) is 11.8 Å². The summed E-state index contributed by atoms with van der Waals surface area (Å²) in [7, 11) is 0. The highest BCUT2D eigenvalue weighted by atomic mass is 19.1. The first-order chi connectivity index (χ1) is 41.5. The molecule has 5 N–H and O–H groups in total. The number of aromatic nitrogens is 2. The van der Waals surface area contributed by atoms with Crippen molar-refractivity contribution in [3.05, 3.63) is 73.8 Å². The minimum absolute atomic E-state index is 0.0256. The molecule has 25 nitrogen and oxygen atoms in total. The summed E-state index contributed by atoms with van der Waals surface area (Å²) in [5.74, 6) is -2.62. The van der Waals surface area contributed by atoms with E-state index in [4.69, 9.17) is 54.0 Å². The summed E-state index contributed by atoms with van der Waals surface area (Å²) in [4.78, 5) is 108. The largest absolute Gasteiger partial charge is 0.458 e. The average molecular weight is 1200 g/mol. The summed E-state index contributed by atoms with van der Waals surface area (Å²) < 4.78 is 66.2. The third kappa shape index (κ3) is 17.1. The number of imide groups is 1. The summed E-state index contributed by atoms with van der Waals surface area (Å²) in [5, 5.41) is 23.2. The molecule has 4 atom stereocenters. The van der Waals surface area contributed by atoms with Crippen LogP contribution in [-0.2, 0) is 101 Å². The number of ether oxygens (including phenoxy) is 9. The molecule has 3 aromatic rings. The fraction of sp³-hybridized carbons (Fsp3) is 0.583. The number of aryl methyl sites for hydroxylation is 1. The Hall–Kier alpha value is -7.06. The number of terminal acetylenes is 1. The van der Waals surface area contributed by atoms with Gasteiger partial charge in [0, 0.05) is 67.2 Å². The minimum atomic E-state index is -2.06. The third-order valence-corrected chi connectivity index (χ3v) is 15.2. The van der Waals surface area contributed by atoms with Crippen LogP contribution in [-0.4, -0.2) is 192 Å². The molecule has 1 aromatic carbocycles. The molecule has 0 saturated carbocycles. The van der Waals surface area contributed by atoms with Crippen molar-refractivity contribution in [1.29, 1.82) is 0 Å². The van der Waals surface area contributed by atoms with Crippen molar-refractivity contribution in [3.8, 4) is 23.7 Å². The molecule has 26 heteroatoms. The maximum Gasteiger partial charge on any atom is 0.343 e. The van der Waals surface area contributed by atoms with Gasteiger partial charge in [-0.15, -0.1) is 6.42 Å². The number of nitrogens with zero attached hydrogens (tertiary/aromatic N) is 3. The lowest BCUT2D eigenvalue weighted by atomic mass is 9.81. The Balaban J connectivity index is 0.704. The third-order valence-electron chi connectivity index (χ3n) is 15.2. The fourth-order valence-corrected chi connectivity index (χ4v) is 10.4. The van der Waals surface area contributed by atoms with Crippen LogP contribution in [0.25, 0.3) is 22.3 Å². The van der Waals surface area contributed by atoms with Crippen LogP contribution < -0.4 is 26.8 Å². The van der Waals surface area contributed by atoms with Crippen molar-refractivity contribution in [2.75, 3.05) is 125 Å². The summed E-state index contributed by atoms with van der Waals surface area (Å²) in [6, 6.07) is 0.775. The number of rotatable bonds is 38. The molecule has 0 radical (unpaired) electrons. The number of cyclic esters (lactones) is 1. The van der Waals surface area contributed by atoms with E-state index in [9.17, 15) is 43.5 Å². The van der Waals surface area contributed by atoms with Crippen LogP contribution in [0.4, 0.5) is 4.39 Å². The van der Waals surface area contributed by atoms with E-state index in [1.165, 1.54) is 22.8 Å². The van der Waals surface area contributed by atoms with E-state index in [2.05, 4.69) is 27.2 Å². The Morgan fingerprint density at radius 2 is 1.34 bits per heavy atom. The van der Waals surface area contributed by atoms with Crippen LogP contribution in [0.5, 0.6) is 0 Å². The van der Waals surface area contributed by atoms with E-state index in [0.29, 0.717) is 150 Å². The molecular weight excluding hydrogens is 1130 g/mol. The van der Waals surface area contributed by atoms with Crippen molar-refractivity contribution < 1.29 is 85.7 Å². The molecule has 0 bridgehead atoms. The topological polar surface area (TPSA) is 309 Å². The first-order valence-electron chi connectivity index (χ1n) is 29.1. The van der Waals surface area contributed by atoms with Crippen molar-refractivity contribution in [2.45, 2.75) is 90.6 Å². The molecule has 1 aliphatic carbocycles. The lowest BCUT2D eigenvalue weighted by Gasteiger charge is -2.31. The zero-order valence-electron chi connectivity index (χ0n) is 49.2. The van der Waals surface area contributed by atoms with E-state index in [1.807, 2.05) is 13.8 Å². The molecule has 0 saturated heterocycles. The number of carbonyl (C=O) groups excluding carboxylic acids is 7. The number of fused-ring (bicyclic) bond motifs is 5. The van der Waals surface area contributed by atoms with Crippen molar-refractivity contribution >= 4 is 52.3 Å². The van der Waals surface area contributed by atoms with Gasteiger partial charge in [0.15, 0.2) is 11.6 Å². The molecule has 0 fully saturated rings. The number of aliphatic hydroxyl groups is 1. The average Bonchev–Trinajstić information content (AvgIpc) is 1.54. The Morgan fingerprint density at radius 1 is 0.779 bits per heavy atom. The van der Waals surface area contributed by atoms with Gasteiger partial charge in [0.05, 0.1) is 147 Å². The SMILES string of the molecule is C#C[C@H](NC(=O)C(CNC(=O)CCOCCOCCOCCOCCOCCOCCOCCOCCNC(=O)CCN1C(=O)C=CC1=O)C(C)C)C(=O)N[C@H]1CCc2c(C)c(F)cc3nc4c(c1c23)Cn1c-4cc2c(c1=O)COC(=O)[C@]2(O)CC. The van der Waals surface area contributed by atoms with E-state index in [0.717, 1.165) is 4.90 Å². The number of pyridine rings is 2. The number of nitrogens with one attached hydrogen (secondary N) is 4. The second-order valence-corrected chi connectivity index (χ2v) is 21.1. The van der Waals surface area contributed by atoms with E-state index >= 15 is 4.39 Å². The number of amides is 6. The summed E-state index contributed by atoms with van der Waals surface area (Å²) in [6.45, 7) is 12.5. The highest BCUT2D eigenvalue weighted by Gasteiger charge is 2.46. The highest BCUT2D eigenvalue weighted by Crippen LogP contribution is 2.46. The van der Waals surface area contributed by atoms with Gasteiger partial charge >= 0.3 is 5.97 Å². The Bertz CT molecular complexity index is 3050. The maximum atomic E-state index is 15.5. The zero-order chi connectivity index (χ0) is 61.8. The van der Waals surface area contributed by atoms with E-state index < -0.39 is 64.6 Å². The summed E-state index contributed by atoms with van der Waals surface area (Å²) >= 11 is 0. The molecule has 0 spiro atoms. The van der Waals surface area contributed by atoms with Gasteiger partial charge in [-0.1, -0.05) is 26.7 Å². The van der Waals surface area contributed by atoms with Gasteiger partial charge in [-0.2, -0.15) is 0 Å². The zero-order valence-corrected chi connectivity index (χ0v) is 49.2. The maximum absolute atomic E-state index is 15.5. The molecular formula is C60H78FN7O18. The number of benzene rings is 1. The van der Waals surface area contributed by atoms with Crippen LogP contribution in [0, 0.1) is 36.9 Å². The van der Waals surface area contributed by atoms with Gasteiger partial charge in [0.25, 0.3) is 23.3 Å². The monoisotopic (exact) mass is 1200 g/mol. The van der Waals surface area contributed by atoms with Gasteiger partial charge in [-0.25, -0.2) is 14.2 Å². The van der Waals surface area contributed by atoms with Crippen LogP contribution >= 0.6 is 0 Å². The smallest absolute Gasteiger partial charge is 0.343 e. The molecule has 3 aliphatic heterocycles. The number of hydrogen-bond donors (Lipinski definition) is 5. The van der Waals surface area contributed by atoms with E-state index in [1.54, 1.807) is 19.9 Å². The quantitative estimate of drug-likeness (QED) is 0.0182. The van der Waals surface area contributed by atoms with Gasteiger partial charge in [0.2, 0.25) is 17.7 Å². The minimum Gasteiger partial charge on any atom is -0.458 e. The Labute approximate surface area is 497 Å². The molecule has 6 amide bonds. The highest BCUT2D eigenvalue weighted by molar-refractivity contribution is 6.13. The van der Waals surface area contributed by atoms with Gasteiger partial charge in [-0.3, -0.25) is 38.5 Å². The fourth-order valence-electron chi connectivity index (χ4n) is 10.4. The number of hydrogen-bond acceptors (Lipinski definition) is 19. The van der Waals surface area contributed by atoms with Crippen LogP contribution in [0.15, 0.2) is 29.1 Å². The molecule has 5 heterocycles. The molecule has 1 unspecified atom stereocenters. The normalized spacial score (nSPS) is 17.3. The molecule has 86 heavy (non-hydrogen) atoms. The lowest BCUT2D eigenvalue weighted by molar-refractivity contribution is -0.172. The number of carbonyl (C=O) groups is 7. The van der Waals surface area contributed by atoms with Crippen molar-refractivity contribution in [3.63, 3.8) is 0 Å². The second kappa shape index (κ2) is 32.6. The first kappa shape index (κ1) is 66.5. The summed E-state index contributed by atoms with van der Waals surface area (Å²) in [6.07, 6.45) is 8.96. The van der Waals surface area contributed by atoms with Crippen LogP contribution in [0.3, 0.4) is 0 Å². The van der Waals surface area contributed by atoms with Gasteiger partial charge in [0.1, 0.15) is 12.4 Å². The van der Waals surface area contributed by atoms with Crippen LogP contribution in [0.2, 0.25) is 0 Å². The predicted molar refractivity (Wildman–Crippen MR) is 305 cm³/mol. The predicted octanol–water partition coefficient (Wildman–Crippen LogP) is 1.09. The standard InChI is InChI=1S/C60H78FN7O18/c1-6-45(57(74)66-46-9-8-39-38(5)44(61)33-47-53(39)54(46)41-35-68-48(55(41)64-47)32-43-42(58(68)75)36-86-59(76)60(43,77)7-2)65-56(73)40(37(3)4)34-63-50(70)13-16-78-18-20-80-22-24-82-26-28-84-30-31-85-29-27-83-25-23-81-21-19-79-17-14-62-49(69)12-15-67-51(71)10-11-52(67)72/h1,10-11,32-33,37,40,45-46,77H,7-9,12-31,34-36H2,2-5H3,(H,62,69)(H,63,70)(H,65,73)(H,66,74)/t40?,45-,46-,60-/m0/s1. The number of halogens is 1. The molecule has 7 rings (SSSR count). The molecule has 468 valence electrons. The van der Waals surface area contributed by atoms with Gasteiger partial charge < -0.3 is 73.6 Å². The Kier molecular flexibility index (Phi) is 25.2. The van der Waals surface area contributed by atoms with E-state index in [-0.39, 0.29) is 94.2 Å². The lowest BCUT2D eigenvalue weighted by Crippen LogP contribution is -2.51. The van der Waals surface area contributed by atoms with Gasteiger partial charge in [-0.05, 0) is 54.9 Å². The first-order valence-corrected chi connectivity index (χ1v) is 29.1. The number of esters is 1. The summed E-state index contributed by atoms with van der Waals surface area (Å²) in [5.41, 5.74) is 1.08. The molecule has 4 aliphatic rings. The van der Waals surface area contributed by atoms with Crippen LogP contribution in [0.1, 0.15) is 85.9 Å². The Morgan fingerprint density at radius 3 is 1.90 bits per heavy atom. The second-order valence-electron chi connectivity index (χ2n) is 21.1.